The zero-order valence-electron chi connectivity index (χ0n) is 13.8. The molecule has 0 spiro atoms. The van der Waals surface area contributed by atoms with Crippen LogP contribution in [0.2, 0.25) is 5.02 Å². The van der Waals surface area contributed by atoms with E-state index in [1.54, 1.807) is 0 Å². The summed E-state index contributed by atoms with van der Waals surface area (Å²) in [6, 6.07) is 7.10. The van der Waals surface area contributed by atoms with Crippen LogP contribution in [0.15, 0.2) is 18.2 Å². The Morgan fingerprint density at radius 1 is 1.20 bits per heavy atom. The minimum absolute atomic E-state index is 0.484. The van der Waals surface area contributed by atoms with Crippen LogP contribution in [-0.2, 0) is 0 Å². The van der Waals surface area contributed by atoms with E-state index < -0.39 is 0 Å². The summed E-state index contributed by atoms with van der Waals surface area (Å²) in [6.45, 7) is 13.9. The largest absolute Gasteiger partial charge is 0.369 e. The van der Waals surface area contributed by atoms with Crippen LogP contribution in [-0.4, -0.2) is 37.6 Å². The predicted molar refractivity (Wildman–Crippen MR) is 91.2 cm³/mol. The Hall–Kier alpha value is -0.730. The molecule has 1 heterocycles. The molecule has 3 heteroatoms. The third-order valence-corrected chi connectivity index (χ3v) is 4.26. The van der Waals surface area contributed by atoms with Gasteiger partial charge in [-0.05, 0) is 37.6 Å². The molecular formula is C17H29ClN2. The van der Waals surface area contributed by atoms with E-state index in [4.69, 9.17) is 11.6 Å². The van der Waals surface area contributed by atoms with Crippen molar-refractivity contribution in [2.24, 2.45) is 0 Å². The van der Waals surface area contributed by atoms with Crippen molar-refractivity contribution in [3.05, 3.63) is 28.8 Å². The minimum atomic E-state index is 0.484. The van der Waals surface area contributed by atoms with Crippen molar-refractivity contribution in [1.82, 2.24) is 4.90 Å². The van der Waals surface area contributed by atoms with Gasteiger partial charge in [0.25, 0.3) is 0 Å². The van der Waals surface area contributed by atoms with Gasteiger partial charge in [-0.15, -0.1) is 0 Å². The molecule has 1 aliphatic rings. The molecule has 1 saturated heterocycles. The van der Waals surface area contributed by atoms with Gasteiger partial charge >= 0.3 is 0 Å². The van der Waals surface area contributed by atoms with Gasteiger partial charge in [-0.25, -0.2) is 0 Å². The highest BCUT2D eigenvalue weighted by molar-refractivity contribution is 6.31. The second-order valence-corrected chi connectivity index (χ2v) is 6.04. The van der Waals surface area contributed by atoms with E-state index in [1.807, 2.05) is 13.8 Å². The lowest BCUT2D eigenvalue weighted by Crippen LogP contribution is -2.50. The molecule has 0 bridgehead atoms. The first kappa shape index (κ1) is 17.3. The van der Waals surface area contributed by atoms with Gasteiger partial charge in [0.1, 0.15) is 0 Å². The number of rotatable bonds is 2. The van der Waals surface area contributed by atoms with Crippen LogP contribution in [0.1, 0.15) is 46.1 Å². The molecule has 0 amide bonds. The maximum Gasteiger partial charge on any atom is 0.0461 e. The highest BCUT2D eigenvalue weighted by Gasteiger charge is 2.21. The SMILES string of the molecule is CC.CC(C)c1ccc(N2CCN(C)C(C)C2)cc1Cl. The van der Waals surface area contributed by atoms with E-state index in [9.17, 15) is 0 Å². The molecule has 20 heavy (non-hydrogen) atoms. The summed E-state index contributed by atoms with van der Waals surface area (Å²) in [5, 5.41) is 0.897. The molecule has 0 aromatic heterocycles. The van der Waals surface area contributed by atoms with Crippen molar-refractivity contribution in [3.8, 4) is 0 Å². The van der Waals surface area contributed by atoms with Gasteiger partial charge < -0.3 is 9.80 Å². The van der Waals surface area contributed by atoms with E-state index in [0.717, 1.165) is 24.7 Å². The van der Waals surface area contributed by atoms with Gasteiger partial charge in [0.15, 0.2) is 0 Å². The molecule has 1 aliphatic heterocycles. The first-order valence-corrected chi connectivity index (χ1v) is 8.11. The third kappa shape index (κ3) is 4.13. The standard InChI is InChI=1S/C15H23ClN2.C2H6/c1-11(2)14-6-5-13(9-15(14)16)18-8-7-17(4)12(3)10-18;1-2/h5-6,9,11-12H,7-8,10H2,1-4H3;1-2H3. The molecule has 0 saturated carbocycles. The van der Waals surface area contributed by atoms with E-state index in [2.05, 4.69) is 55.8 Å². The van der Waals surface area contributed by atoms with Crippen LogP contribution >= 0.6 is 11.6 Å². The number of hydrogen-bond acceptors (Lipinski definition) is 2. The van der Waals surface area contributed by atoms with Crippen LogP contribution in [0.5, 0.6) is 0 Å². The number of benzene rings is 1. The molecule has 0 aliphatic carbocycles. The smallest absolute Gasteiger partial charge is 0.0461 e. The average molecular weight is 297 g/mol. The lowest BCUT2D eigenvalue weighted by Gasteiger charge is -2.39. The van der Waals surface area contributed by atoms with Crippen molar-refractivity contribution in [2.75, 3.05) is 31.6 Å². The van der Waals surface area contributed by atoms with Crippen LogP contribution in [0, 0.1) is 0 Å². The Morgan fingerprint density at radius 3 is 2.35 bits per heavy atom. The van der Waals surface area contributed by atoms with Gasteiger partial charge in [-0.2, -0.15) is 0 Å². The van der Waals surface area contributed by atoms with E-state index in [1.165, 1.54) is 11.3 Å². The van der Waals surface area contributed by atoms with E-state index in [-0.39, 0.29) is 0 Å². The lowest BCUT2D eigenvalue weighted by molar-refractivity contribution is 0.234. The van der Waals surface area contributed by atoms with Crippen LogP contribution in [0.25, 0.3) is 0 Å². The van der Waals surface area contributed by atoms with E-state index >= 15 is 0 Å². The molecule has 114 valence electrons. The average Bonchev–Trinajstić information content (AvgIpc) is 2.43. The van der Waals surface area contributed by atoms with Crippen LogP contribution in [0.3, 0.4) is 0 Å². The van der Waals surface area contributed by atoms with Crippen LogP contribution < -0.4 is 4.90 Å². The molecule has 1 atom stereocenters. The Balaban J connectivity index is 0.000000956. The van der Waals surface area contributed by atoms with Gasteiger partial charge in [0.05, 0.1) is 0 Å². The number of hydrogen-bond donors (Lipinski definition) is 0. The number of piperazine rings is 1. The molecular weight excluding hydrogens is 268 g/mol. The summed E-state index contributed by atoms with van der Waals surface area (Å²) < 4.78 is 0. The van der Waals surface area contributed by atoms with Gasteiger partial charge in [0.2, 0.25) is 0 Å². The van der Waals surface area contributed by atoms with Crippen molar-refractivity contribution < 1.29 is 0 Å². The van der Waals surface area contributed by atoms with Crippen molar-refractivity contribution in [3.63, 3.8) is 0 Å². The van der Waals surface area contributed by atoms with Crippen molar-refractivity contribution >= 4 is 17.3 Å². The summed E-state index contributed by atoms with van der Waals surface area (Å²) in [5.41, 5.74) is 2.49. The Labute approximate surface area is 129 Å². The van der Waals surface area contributed by atoms with Gasteiger partial charge in [0, 0.05) is 36.4 Å². The molecule has 2 rings (SSSR count). The maximum atomic E-state index is 6.37. The van der Waals surface area contributed by atoms with E-state index in [0.29, 0.717) is 12.0 Å². The molecule has 1 aromatic rings. The first-order valence-electron chi connectivity index (χ1n) is 7.73. The van der Waals surface area contributed by atoms with Gasteiger partial charge in [-0.3, -0.25) is 0 Å². The number of anilines is 1. The fourth-order valence-corrected chi connectivity index (χ4v) is 2.86. The number of halogens is 1. The Kier molecular flexibility index (Phi) is 6.84. The minimum Gasteiger partial charge on any atom is -0.369 e. The zero-order chi connectivity index (χ0) is 15.3. The second-order valence-electron chi connectivity index (χ2n) is 5.64. The zero-order valence-corrected chi connectivity index (χ0v) is 14.5. The quantitative estimate of drug-likeness (QED) is 0.785. The Morgan fingerprint density at radius 2 is 1.85 bits per heavy atom. The summed E-state index contributed by atoms with van der Waals surface area (Å²) in [7, 11) is 2.19. The number of nitrogens with zero attached hydrogens (tertiary/aromatic N) is 2. The topological polar surface area (TPSA) is 6.48 Å². The lowest BCUT2D eigenvalue weighted by atomic mass is 10.0. The molecule has 1 unspecified atom stereocenters. The van der Waals surface area contributed by atoms with Crippen molar-refractivity contribution in [1.29, 1.82) is 0 Å². The molecule has 1 aromatic carbocycles. The highest BCUT2D eigenvalue weighted by Crippen LogP contribution is 2.29. The molecule has 0 N–H and O–H groups in total. The monoisotopic (exact) mass is 296 g/mol. The second kappa shape index (κ2) is 7.90. The fraction of sp³-hybridized carbons (Fsp3) is 0.647. The summed E-state index contributed by atoms with van der Waals surface area (Å²) >= 11 is 6.37. The molecule has 1 fully saturated rings. The summed E-state index contributed by atoms with van der Waals surface area (Å²) in [5.74, 6) is 0.484. The first-order chi connectivity index (χ1) is 9.49. The predicted octanol–water partition coefficient (Wildman–Crippen LogP) is 4.63. The fourth-order valence-electron chi connectivity index (χ4n) is 2.46. The van der Waals surface area contributed by atoms with Gasteiger partial charge in [-0.1, -0.05) is 45.4 Å². The molecule has 0 radical (unpaired) electrons. The Bertz CT molecular complexity index is 417. The van der Waals surface area contributed by atoms with Crippen molar-refractivity contribution in [2.45, 2.75) is 46.6 Å². The normalized spacial score (nSPS) is 19.8. The molecule has 2 nitrogen and oxygen atoms in total. The number of likely N-dealkylation sites (N-methyl/N-ethyl adjacent to an activating group) is 1. The maximum absolute atomic E-state index is 6.37. The summed E-state index contributed by atoms with van der Waals surface area (Å²) in [4.78, 5) is 4.83. The summed E-state index contributed by atoms with van der Waals surface area (Å²) in [6.07, 6.45) is 0. The van der Waals surface area contributed by atoms with Crippen LogP contribution in [0.4, 0.5) is 5.69 Å². The highest BCUT2D eigenvalue weighted by atomic mass is 35.5. The third-order valence-electron chi connectivity index (χ3n) is 3.93.